The zero-order chi connectivity index (χ0) is 24.8. The van der Waals surface area contributed by atoms with Crippen molar-refractivity contribution in [3.05, 3.63) is 35.9 Å². The molecule has 1 amide bonds. The van der Waals surface area contributed by atoms with Crippen LogP contribution in [-0.2, 0) is 14.3 Å². The first-order valence-corrected chi connectivity index (χ1v) is 11.7. The van der Waals surface area contributed by atoms with Gasteiger partial charge in [-0.3, -0.25) is 4.79 Å². The summed E-state index contributed by atoms with van der Waals surface area (Å²) in [6.45, 7) is 8.95. The lowest BCUT2D eigenvalue weighted by Crippen LogP contribution is -2.36. The molecular weight excluding hydrogens is 456 g/mol. The lowest BCUT2D eigenvalue weighted by Gasteiger charge is -2.31. The Hall–Kier alpha value is -3.66. The molecular formula is C25H30N2O8. The third-order valence-electron chi connectivity index (χ3n) is 5.53. The van der Waals surface area contributed by atoms with Crippen LogP contribution in [0, 0.1) is 0 Å². The average molecular weight is 487 g/mol. The van der Waals surface area contributed by atoms with Crippen LogP contribution in [0.2, 0.25) is 0 Å². The molecule has 1 fully saturated rings. The predicted octanol–water partition coefficient (Wildman–Crippen LogP) is 3.23. The zero-order valence-corrected chi connectivity index (χ0v) is 20.1. The summed E-state index contributed by atoms with van der Waals surface area (Å²) < 4.78 is 33.1. The van der Waals surface area contributed by atoms with Crippen LogP contribution in [0.25, 0.3) is 0 Å². The monoisotopic (exact) mass is 486 g/mol. The van der Waals surface area contributed by atoms with Gasteiger partial charge in [0.05, 0.1) is 43.4 Å². The summed E-state index contributed by atoms with van der Waals surface area (Å²) in [6, 6.07) is 8.32. The Balaban J connectivity index is 1.49. The molecule has 0 unspecified atom stereocenters. The molecule has 1 atom stereocenters. The van der Waals surface area contributed by atoms with Crippen LogP contribution >= 0.6 is 0 Å². The molecule has 2 heterocycles. The number of ether oxygens (including phenoxy) is 6. The van der Waals surface area contributed by atoms with Crippen LogP contribution < -0.4 is 29.2 Å². The Labute approximate surface area is 204 Å². The fourth-order valence-corrected chi connectivity index (χ4v) is 3.78. The summed E-state index contributed by atoms with van der Waals surface area (Å²) in [5, 5.41) is 2.81. The summed E-state index contributed by atoms with van der Waals surface area (Å²) in [5.74, 6) is 0.997. The molecule has 188 valence electrons. The molecule has 0 aliphatic carbocycles. The Kier molecular flexibility index (Phi) is 7.81. The molecule has 2 aromatic carbocycles. The average Bonchev–Trinajstić information content (AvgIpc) is 3.34. The van der Waals surface area contributed by atoms with Crippen molar-refractivity contribution < 1.29 is 38.0 Å². The maximum Gasteiger partial charge on any atom is 0.339 e. The van der Waals surface area contributed by atoms with Gasteiger partial charge in [-0.2, -0.15) is 0 Å². The molecule has 10 heteroatoms. The minimum atomic E-state index is -1.06. The maximum atomic E-state index is 12.9. The topological polar surface area (TPSA) is 105 Å². The Bertz CT molecular complexity index is 1070. The van der Waals surface area contributed by atoms with Crippen LogP contribution in [0.3, 0.4) is 0 Å². The summed E-state index contributed by atoms with van der Waals surface area (Å²) >= 11 is 0. The number of morpholine rings is 1. The van der Waals surface area contributed by atoms with Gasteiger partial charge >= 0.3 is 5.97 Å². The normalized spacial score (nSPS) is 15.3. The van der Waals surface area contributed by atoms with E-state index in [1.807, 2.05) is 19.9 Å². The van der Waals surface area contributed by atoms with Crippen molar-refractivity contribution in [3.63, 3.8) is 0 Å². The predicted molar refractivity (Wildman–Crippen MR) is 128 cm³/mol. The van der Waals surface area contributed by atoms with Gasteiger partial charge in [0, 0.05) is 25.2 Å². The van der Waals surface area contributed by atoms with E-state index >= 15 is 0 Å². The number of fused-ring (bicyclic) bond motifs is 1. The molecule has 10 nitrogen and oxygen atoms in total. The summed E-state index contributed by atoms with van der Waals surface area (Å²) in [5.41, 5.74) is 1.57. The summed E-state index contributed by atoms with van der Waals surface area (Å²) in [6.07, 6.45) is -1.06. The number of esters is 1. The minimum absolute atomic E-state index is 0.100. The number of carbonyl (C=O) groups excluding carboxylic acids is 2. The highest BCUT2D eigenvalue weighted by atomic mass is 16.7. The second-order valence-corrected chi connectivity index (χ2v) is 7.89. The smallest absolute Gasteiger partial charge is 0.339 e. The third-order valence-corrected chi connectivity index (χ3v) is 5.53. The van der Waals surface area contributed by atoms with Gasteiger partial charge < -0.3 is 38.6 Å². The van der Waals surface area contributed by atoms with Crippen molar-refractivity contribution >= 4 is 23.3 Å². The van der Waals surface area contributed by atoms with Gasteiger partial charge in [-0.05, 0) is 39.0 Å². The van der Waals surface area contributed by atoms with Crippen LogP contribution in [0.15, 0.2) is 30.3 Å². The molecule has 0 saturated carbocycles. The van der Waals surface area contributed by atoms with Gasteiger partial charge in [0.2, 0.25) is 6.79 Å². The van der Waals surface area contributed by atoms with Gasteiger partial charge in [-0.25, -0.2) is 4.79 Å². The lowest BCUT2D eigenvalue weighted by atomic mass is 10.2. The lowest BCUT2D eigenvalue weighted by molar-refractivity contribution is -0.123. The largest absolute Gasteiger partial charge is 0.492 e. The highest BCUT2D eigenvalue weighted by Gasteiger charge is 2.24. The number of hydrogen-bond donors (Lipinski definition) is 1. The number of carbonyl (C=O) groups is 2. The third kappa shape index (κ3) is 5.71. The number of rotatable bonds is 9. The van der Waals surface area contributed by atoms with E-state index in [-0.39, 0.29) is 12.4 Å². The van der Waals surface area contributed by atoms with Crippen molar-refractivity contribution in [2.45, 2.75) is 26.9 Å². The van der Waals surface area contributed by atoms with E-state index in [1.54, 1.807) is 18.2 Å². The molecule has 1 saturated heterocycles. The number of anilines is 2. The molecule has 2 aliphatic rings. The van der Waals surface area contributed by atoms with Gasteiger partial charge in [0.1, 0.15) is 11.5 Å². The number of amides is 1. The summed E-state index contributed by atoms with van der Waals surface area (Å²) in [7, 11) is 0. The van der Waals surface area contributed by atoms with Crippen molar-refractivity contribution in [3.8, 4) is 23.0 Å². The molecule has 0 spiro atoms. The minimum Gasteiger partial charge on any atom is -0.492 e. The number of hydrogen-bond acceptors (Lipinski definition) is 9. The van der Waals surface area contributed by atoms with Gasteiger partial charge in [0.25, 0.3) is 5.91 Å². The van der Waals surface area contributed by atoms with Crippen LogP contribution in [0.5, 0.6) is 23.0 Å². The Morgan fingerprint density at radius 3 is 2.46 bits per heavy atom. The second kappa shape index (κ2) is 11.2. The first-order chi connectivity index (χ1) is 17.0. The first-order valence-electron chi connectivity index (χ1n) is 11.7. The second-order valence-electron chi connectivity index (χ2n) is 7.89. The molecule has 0 bridgehead atoms. The number of nitrogens with one attached hydrogen (secondary N) is 1. The fraction of sp³-hybridized carbons (Fsp3) is 0.440. The van der Waals surface area contributed by atoms with E-state index in [0.717, 1.165) is 18.8 Å². The highest BCUT2D eigenvalue weighted by molar-refractivity contribution is 5.99. The molecule has 0 radical (unpaired) electrons. The fourth-order valence-electron chi connectivity index (χ4n) is 3.78. The standard InChI is InChI=1S/C25H30N2O8/c1-4-31-21-14-19(27-8-10-30-11-9-27)22(32-5-2)13-18(21)26-24(28)16(3)35-25(29)17-6-7-20-23(12-17)34-15-33-20/h6-7,12-14,16H,4-5,8-11,15H2,1-3H3,(H,26,28)/t16-/m0/s1. The van der Waals surface area contributed by atoms with Gasteiger partial charge in [-0.15, -0.1) is 0 Å². The molecule has 35 heavy (non-hydrogen) atoms. The highest BCUT2D eigenvalue weighted by Crippen LogP contribution is 2.39. The molecule has 2 aliphatic heterocycles. The molecule has 1 N–H and O–H groups in total. The number of nitrogens with zero attached hydrogens (tertiary/aromatic N) is 1. The Morgan fingerprint density at radius 1 is 1.00 bits per heavy atom. The van der Waals surface area contributed by atoms with Crippen LogP contribution in [0.1, 0.15) is 31.1 Å². The zero-order valence-electron chi connectivity index (χ0n) is 20.1. The first kappa shape index (κ1) is 24.5. The van der Waals surface area contributed by atoms with E-state index < -0.39 is 18.0 Å². The van der Waals surface area contributed by atoms with Gasteiger partial charge in [0.15, 0.2) is 17.6 Å². The van der Waals surface area contributed by atoms with Gasteiger partial charge in [-0.1, -0.05) is 0 Å². The molecule has 2 aromatic rings. The quantitative estimate of drug-likeness (QED) is 0.535. The van der Waals surface area contributed by atoms with E-state index in [2.05, 4.69) is 10.2 Å². The van der Waals surface area contributed by atoms with Crippen LogP contribution in [0.4, 0.5) is 11.4 Å². The van der Waals surface area contributed by atoms with Crippen molar-refractivity contribution in [2.75, 3.05) is 56.5 Å². The Morgan fingerprint density at radius 2 is 1.71 bits per heavy atom. The summed E-state index contributed by atoms with van der Waals surface area (Å²) in [4.78, 5) is 27.7. The van der Waals surface area contributed by atoms with E-state index in [4.69, 9.17) is 28.4 Å². The van der Waals surface area contributed by atoms with Crippen LogP contribution in [-0.4, -0.2) is 64.3 Å². The maximum absolute atomic E-state index is 12.9. The molecule has 0 aromatic heterocycles. The van der Waals surface area contributed by atoms with E-state index in [1.165, 1.54) is 13.0 Å². The van der Waals surface area contributed by atoms with Crippen molar-refractivity contribution in [1.29, 1.82) is 0 Å². The van der Waals surface area contributed by atoms with Crippen molar-refractivity contribution in [2.24, 2.45) is 0 Å². The SMILES string of the molecule is CCOc1cc(N2CCOCC2)c(OCC)cc1NC(=O)[C@H](C)OC(=O)c1ccc2c(c1)OCO2. The molecule has 4 rings (SSSR count). The van der Waals surface area contributed by atoms with Crippen molar-refractivity contribution in [1.82, 2.24) is 0 Å². The van der Waals surface area contributed by atoms with E-state index in [9.17, 15) is 9.59 Å². The van der Waals surface area contributed by atoms with E-state index in [0.29, 0.717) is 55.1 Å². The number of benzene rings is 2.